The van der Waals surface area contributed by atoms with Gasteiger partial charge in [-0.15, -0.1) is 0 Å². The molecule has 0 bridgehead atoms. The fourth-order valence-corrected chi connectivity index (χ4v) is 2.59. The van der Waals surface area contributed by atoms with Crippen molar-refractivity contribution < 1.29 is 9.90 Å². The van der Waals surface area contributed by atoms with Gasteiger partial charge in [-0.1, -0.05) is 17.7 Å². The summed E-state index contributed by atoms with van der Waals surface area (Å²) in [6.45, 7) is 0.375. The molecular formula is C15H17ClN2O2. The van der Waals surface area contributed by atoms with Crippen molar-refractivity contribution in [1.82, 2.24) is 9.88 Å². The first-order valence-electron chi connectivity index (χ1n) is 6.76. The zero-order chi connectivity index (χ0) is 14.3. The number of rotatable bonds is 4. The van der Waals surface area contributed by atoms with Gasteiger partial charge in [0, 0.05) is 29.5 Å². The zero-order valence-electron chi connectivity index (χ0n) is 11.3. The molecule has 3 rings (SSSR count). The number of likely N-dealkylation sites (N-methyl/N-ethyl adjacent to an activating group) is 1. The Morgan fingerprint density at radius 2 is 2.25 bits per heavy atom. The van der Waals surface area contributed by atoms with Crippen LogP contribution in [0, 0.1) is 5.92 Å². The molecular weight excluding hydrogens is 276 g/mol. The van der Waals surface area contributed by atoms with E-state index in [0.717, 1.165) is 23.7 Å². The average molecular weight is 293 g/mol. The quantitative estimate of drug-likeness (QED) is 0.910. The highest BCUT2D eigenvalue weighted by Gasteiger charge is 2.31. The maximum atomic E-state index is 12.3. The standard InChI is InChI=1S/C15H17ClN2O2/c1-18(8-14(19)9-2-3-9)15(20)13-6-10-4-5-11(16)7-12(10)17-13/h4-7,9,14,17,19H,2-3,8H2,1H3. The summed E-state index contributed by atoms with van der Waals surface area (Å²) in [6, 6.07) is 7.29. The second-order valence-corrected chi connectivity index (χ2v) is 5.94. The molecule has 1 aromatic heterocycles. The molecule has 1 amide bonds. The number of aromatic nitrogens is 1. The van der Waals surface area contributed by atoms with E-state index in [1.165, 1.54) is 0 Å². The van der Waals surface area contributed by atoms with Gasteiger partial charge in [0.2, 0.25) is 0 Å². The molecule has 0 aliphatic heterocycles. The van der Waals surface area contributed by atoms with E-state index in [2.05, 4.69) is 4.98 Å². The number of amides is 1. The lowest BCUT2D eigenvalue weighted by Crippen LogP contribution is -2.35. The van der Waals surface area contributed by atoms with Gasteiger partial charge in [-0.3, -0.25) is 4.79 Å². The van der Waals surface area contributed by atoms with Crippen molar-refractivity contribution in [1.29, 1.82) is 0 Å². The minimum absolute atomic E-state index is 0.114. The summed E-state index contributed by atoms with van der Waals surface area (Å²) in [5.41, 5.74) is 1.37. The number of aliphatic hydroxyl groups is 1. The lowest BCUT2D eigenvalue weighted by Gasteiger charge is -2.20. The Morgan fingerprint density at radius 3 is 2.95 bits per heavy atom. The predicted molar refractivity (Wildman–Crippen MR) is 79.0 cm³/mol. The Bertz CT molecular complexity index is 648. The highest BCUT2D eigenvalue weighted by atomic mass is 35.5. The molecule has 1 saturated carbocycles. The number of aliphatic hydroxyl groups excluding tert-OH is 1. The topological polar surface area (TPSA) is 56.3 Å². The largest absolute Gasteiger partial charge is 0.391 e. The Kier molecular flexibility index (Phi) is 3.44. The molecule has 1 fully saturated rings. The van der Waals surface area contributed by atoms with Crippen molar-refractivity contribution in [3.63, 3.8) is 0 Å². The van der Waals surface area contributed by atoms with E-state index in [0.29, 0.717) is 23.2 Å². The first-order chi connectivity index (χ1) is 9.54. The smallest absolute Gasteiger partial charge is 0.270 e. The van der Waals surface area contributed by atoms with Crippen LogP contribution >= 0.6 is 11.6 Å². The van der Waals surface area contributed by atoms with Crippen LogP contribution in [0.15, 0.2) is 24.3 Å². The fourth-order valence-electron chi connectivity index (χ4n) is 2.41. The van der Waals surface area contributed by atoms with Gasteiger partial charge in [0.05, 0.1) is 6.10 Å². The molecule has 2 aromatic rings. The molecule has 1 heterocycles. The van der Waals surface area contributed by atoms with Crippen LogP contribution in [0.3, 0.4) is 0 Å². The van der Waals surface area contributed by atoms with E-state index in [-0.39, 0.29) is 5.91 Å². The van der Waals surface area contributed by atoms with Gasteiger partial charge in [0.25, 0.3) is 5.91 Å². The monoisotopic (exact) mass is 292 g/mol. The number of carbonyl (C=O) groups is 1. The van der Waals surface area contributed by atoms with Gasteiger partial charge in [0.1, 0.15) is 5.69 Å². The molecule has 1 unspecified atom stereocenters. The van der Waals surface area contributed by atoms with Gasteiger partial charge in [-0.05, 0) is 37.0 Å². The van der Waals surface area contributed by atoms with Gasteiger partial charge in [-0.25, -0.2) is 0 Å². The summed E-state index contributed by atoms with van der Waals surface area (Å²) in [4.78, 5) is 17.0. The molecule has 0 spiro atoms. The molecule has 1 atom stereocenters. The summed E-state index contributed by atoms with van der Waals surface area (Å²) in [5, 5.41) is 11.5. The lowest BCUT2D eigenvalue weighted by atomic mass is 10.2. The molecule has 1 aromatic carbocycles. The number of hydrogen-bond donors (Lipinski definition) is 2. The van der Waals surface area contributed by atoms with E-state index in [1.54, 1.807) is 24.1 Å². The highest BCUT2D eigenvalue weighted by molar-refractivity contribution is 6.31. The molecule has 106 valence electrons. The number of fused-ring (bicyclic) bond motifs is 1. The number of carbonyl (C=O) groups excluding carboxylic acids is 1. The number of aromatic amines is 1. The van der Waals surface area contributed by atoms with Gasteiger partial charge in [-0.2, -0.15) is 0 Å². The van der Waals surface area contributed by atoms with Crippen molar-refractivity contribution in [2.24, 2.45) is 5.92 Å². The highest BCUT2D eigenvalue weighted by Crippen LogP contribution is 2.32. The summed E-state index contributed by atoms with van der Waals surface area (Å²) in [7, 11) is 1.71. The minimum Gasteiger partial charge on any atom is -0.391 e. The molecule has 5 heteroatoms. The van der Waals surface area contributed by atoms with Crippen LogP contribution < -0.4 is 0 Å². The normalized spacial score (nSPS) is 16.4. The molecule has 2 N–H and O–H groups in total. The first-order valence-corrected chi connectivity index (χ1v) is 7.14. The Balaban J connectivity index is 1.76. The van der Waals surface area contributed by atoms with Gasteiger partial charge in [0.15, 0.2) is 0 Å². The van der Waals surface area contributed by atoms with Crippen molar-refractivity contribution in [3.8, 4) is 0 Å². The molecule has 1 aliphatic rings. The number of H-pyrrole nitrogens is 1. The van der Waals surface area contributed by atoms with Crippen LogP contribution in [-0.4, -0.2) is 40.6 Å². The number of nitrogens with zero attached hydrogens (tertiary/aromatic N) is 1. The fraction of sp³-hybridized carbons (Fsp3) is 0.400. The maximum Gasteiger partial charge on any atom is 0.270 e. The van der Waals surface area contributed by atoms with Gasteiger partial charge < -0.3 is 15.0 Å². The second kappa shape index (κ2) is 5.11. The molecule has 4 nitrogen and oxygen atoms in total. The van der Waals surface area contributed by atoms with Crippen LogP contribution in [0.25, 0.3) is 10.9 Å². The van der Waals surface area contributed by atoms with Crippen LogP contribution in [0.2, 0.25) is 5.02 Å². The zero-order valence-corrected chi connectivity index (χ0v) is 12.0. The molecule has 0 radical (unpaired) electrons. The number of hydrogen-bond acceptors (Lipinski definition) is 2. The van der Waals surface area contributed by atoms with Crippen molar-refractivity contribution in [2.75, 3.05) is 13.6 Å². The van der Waals surface area contributed by atoms with Gasteiger partial charge >= 0.3 is 0 Å². The van der Waals surface area contributed by atoms with E-state index in [9.17, 15) is 9.90 Å². The van der Waals surface area contributed by atoms with Crippen molar-refractivity contribution in [3.05, 3.63) is 35.0 Å². The number of nitrogens with one attached hydrogen (secondary N) is 1. The SMILES string of the molecule is CN(CC(O)C1CC1)C(=O)c1cc2ccc(Cl)cc2[nH]1. The number of halogens is 1. The van der Waals surface area contributed by atoms with Crippen molar-refractivity contribution >= 4 is 28.4 Å². The third-order valence-electron chi connectivity index (χ3n) is 3.79. The summed E-state index contributed by atoms with van der Waals surface area (Å²) < 4.78 is 0. The average Bonchev–Trinajstić information content (AvgIpc) is 3.18. The summed E-state index contributed by atoms with van der Waals surface area (Å²) in [5.74, 6) is 0.254. The summed E-state index contributed by atoms with van der Waals surface area (Å²) in [6.07, 6.45) is 1.71. The van der Waals surface area contributed by atoms with Crippen molar-refractivity contribution in [2.45, 2.75) is 18.9 Å². The predicted octanol–water partition coefficient (Wildman–Crippen LogP) is 2.66. The Labute approximate surface area is 122 Å². The van der Waals surface area contributed by atoms with Crippen LogP contribution in [0.5, 0.6) is 0 Å². The Hall–Kier alpha value is -1.52. The molecule has 20 heavy (non-hydrogen) atoms. The van der Waals surface area contributed by atoms with E-state index >= 15 is 0 Å². The minimum atomic E-state index is -0.414. The first kappa shape index (κ1) is 13.5. The summed E-state index contributed by atoms with van der Waals surface area (Å²) >= 11 is 5.93. The van der Waals surface area contributed by atoms with E-state index in [1.807, 2.05) is 12.1 Å². The van der Waals surface area contributed by atoms with Crippen LogP contribution in [0.4, 0.5) is 0 Å². The molecule has 1 aliphatic carbocycles. The lowest BCUT2D eigenvalue weighted by molar-refractivity contribution is 0.0641. The van der Waals surface area contributed by atoms with Crippen LogP contribution in [-0.2, 0) is 0 Å². The second-order valence-electron chi connectivity index (χ2n) is 5.51. The van der Waals surface area contributed by atoms with Crippen LogP contribution in [0.1, 0.15) is 23.3 Å². The van der Waals surface area contributed by atoms with E-state index in [4.69, 9.17) is 11.6 Å². The van der Waals surface area contributed by atoms with E-state index < -0.39 is 6.10 Å². The third-order valence-corrected chi connectivity index (χ3v) is 4.02. The molecule has 0 saturated heterocycles. The third kappa shape index (κ3) is 2.67. The maximum absolute atomic E-state index is 12.3. The number of benzene rings is 1. The Morgan fingerprint density at radius 1 is 1.50 bits per heavy atom.